The van der Waals surface area contributed by atoms with Crippen LogP contribution in [0.2, 0.25) is 0 Å². The molecule has 0 heterocycles. The highest BCUT2D eigenvalue weighted by atomic mass is 16.6. The second-order valence-corrected chi connectivity index (χ2v) is 10.3. The first-order valence-corrected chi connectivity index (χ1v) is 11.1. The molecular weight excluding hydrogens is 384 g/mol. The summed E-state index contributed by atoms with van der Waals surface area (Å²) in [7, 11) is 0. The van der Waals surface area contributed by atoms with E-state index in [1.54, 1.807) is 0 Å². The van der Waals surface area contributed by atoms with Crippen molar-refractivity contribution in [3.05, 3.63) is 0 Å². The van der Waals surface area contributed by atoms with Gasteiger partial charge in [0, 0.05) is 0 Å². The fraction of sp³-hybridized carbons (Fsp3) is 0.875. The van der Waals surface area contributed by atoms with Gasteiger partial charge in [0.25, 0.3) is 0 Å². The van der Waals surface area contributed by atoms with Gasteiger partial charge < -0.3 is 14.2 Å². The Kier molecular flexibility index (Phi) is 10.6. The second-order valence-electron chi connectivity index (χ2n) is 10.3. The summed E-state index contributed by atoms with van der Waals surface area (Å²) in [5, 5.41) is 0. The molecule has 6 heteroatoms. The molecule has 30 heavy (non-hydrogen) atoms. The van der Waals surface area contributed by atoms with Crippen LogP contribution in [0.1, 0.15) is 94.9 Å². The summed E-state index contributed by atoms with van der Waals surface area (Å²) in [6, 6.07) is 0. The van der Waals surface area contributed by atoms with E-state index in [1.165, 1.54) is 0 Å². The highest BCUT2D eigenvalue weighted by Crippen LogP contribution is 2.31. The van der Waals surface area contributed by atoms with Gasteiger partial charge in [-0.3, -0.25) is 14.4 Å². The van der Waals surface area contributed by atoms with Crippen molar-refractivity contribution in [1.29, 1.82) is 0 Å². The molecule has 0 aromatic carbocycles. The monoisotopic (exact) mass is 428 g/mol. The Labute approximate surface area is 183 Å². The van der Waals surface area contributed by atoms with E-state index in [0.717, 1.165) is 0 Å². The lowest BCUT2D eigenvalue weighted by atomic mass is 9.86. The zero-order valence-corrected chi connectivity index (χ0v) is 20.9. The highest BCUT2D eigenvalue weighted by Gasteiger charge is 2.39. The van der Waals surface area contributed by atoms with Gasteiger partial charge in [-0.2, -0.15) is 0 Å². The molecule has 0 aliphatic carbocycles. The van der Waals surface area contributed by atoms with Gasteiger partial charge >= 0.3 is 17.9 Å². The average molecular weight is 429 g/mol. The summed E-state index contributed by atoms with van der Waals surface area (Å²) >= 11 is 0. The predicted octanol–water partition coefficient (Wildman–Crippen LogP) is 5.32. The maximum Gasteiger partial charge on any atom is 0.311 e. The number of hydrogen-bond donors (Lipinski definition) is 0. The third-order valence-corrected chi connectivity index (χ3v) is 6.59. The van der Waals surface area contributed by atoms with Gasteiger partial charge in [0.15, 0.2) is 0 Å². The molecule has 0 fully saturated rings. The Morgan fingerprint density at radius 1 is 0.500 bits per heavy atom. The number of rotatable bonds is 13. The first-order chi connectivity index (χ1) is 13.6. The van der Waals surface area contributed by atoms with Crippen LogP contribution in [0.15, 0.2) is 0 Å². The summed E-state index contributed by atoms with van der Waals surface area (Å²) in [5.41, 5.74) is -2.62. The van der Waals surface area contributed by atoms with E-state index in [4.69, 9.17) is 14.2 Å². The van der Waals surface area contributed by atoms with Crippen molar-refractivity contribution in [2.24, 2.45) is 21.7 Å². The van der Waals surface area contributed by atoms with Gasteiger partial charge in [-0.1, -0.05) is 27.7 Å². The molecule has 0 rings (SSSR count). The van der Waals surface area contributed by atoms with E-state index in [0.29, 0.717) is 25.7 Å². The van der Waals surface area contributed by atoms with Gasteiger partial charge in [0.2, 0.25) is 0 Å². The predicted molar refractivity (Wildman–Crippen MR) is 118 cm³/mol. The maximum absolute atomic E-state index is 12.5. The van der Waals surface area contributed by atoms with Crippen molar-refractivity contribution in [3.8, 4) is 0 Å². The van der Waals surface area contributed by atoms with Crippen LogP contribution in [-0.4, -0.2) is 37.7 Å². The SMILES string of the molecule is CCC(COC(=O)C(C)(C)CC)(COC(=O)C(C)(C)CC)COC(=O)C(C)(C)CC. The first kappa shape index (κ1) is 28.4. The number of carbonyl (C=O) groups is 3. The van der Waals surface area contributed by atoms with E-state index in [1.807, 2.05) is 69.2 Å². The minimum absolute atomic E-state index is 0.0193. The topological polar surface area (TPSA) is 78.9 Å². The maximum atomic E-state index is 12.5. The van der Waals surface area contributed by atoms with Gasteiger partial charge in [-0.15, -0.1) is 0 Å². The molecule has 0 bridgehead atoms. The summed E-state index contributed by atoms with van der Waals surface area (Å²) in [6.07, 6.45) is 2.45. The van der Waals surface area contributed by atoms with Gasteiger partial charge in [0.05, 0.1) is 21.7 Å². The third-order valence-electron chi connectivity index (χ3n) is 6.59. The molecule has 0 atom stereocenters. The van der Waals surface area contributed by atoms with Crippen LogP contribution in [-0.2, 0) is 28.6 Å². The van der Waals surface area contributed by atoms with Gasteiger partial charge in [-0.25, -0.2) is 0 Å². The van der Waals surface area contributed by atoms with Crippen molar-refractivity contribution in [2.45, 2.75) is 94.9 Å². The molecule has 0 aliphatic rings. The molecular formula is C24H44O6. The van der Waals surface area contributed by atoms with Crippen LogP contribution in [0.4, 0.5) is 0 Å². The fourth-order valence-corrected chi connectivity index (χ4v) is 2.11. The number of esters is 3. The van der Waals surface area contributed by atoms with Crippen molar-refractivity contribution >= 4 is 17.9 Å². The largest absolute Gasteiger partial charge is 0.464 e. The molecule has 0 N–H and O–H groups in total. The highest BCUT2D eigenvalue weighted by molar-refractivity contribution is 5.77. The molecule has 0 saturated carbocycles. The minimum Gasteiger partial charge on any atom is -0.464 e. The number of ether oxygens (including phenoxy) is 3. The Morgan fingerprint density at radius 2 is 0.733 bits per heavy atom. The Hall–Kier alpha value is -1.59. The van der Waals surface area contributed by atoms with E-state index in [9.17, 15) is 14.4 Å². The van der Waals surface area contributed by atoms with Crippen molar-refractivity contribution < 1.29 is 28.6 Å². The standard InChI is InChI=1S/C24H44O6/c1-11-21(5,6)18(25)28-15-24(14-4,16-29-19(26)22(7,8)12-2)17-30-20(27)23(9,10)13-3/h11-17H2,1-10H3. The molecule has 0 aromatic rings. The second kappa shape index (κ2) is 11.1. The molecule has 176 valence electrons. The van der Waals surface area contributed by atoms with Crippen molar-refractivity contribution in [3.63, 3.8) is 0 Å². The van der Waals surface area contributed by atoms with E-state index < -0.39 is 21.7 Å². The van der Waals surface area contributed by atoms with Crippen molar-refractivity contribution in [1.82, 2.24) is 0 Å². The molecule has 0 saturated heterocycles. The normalized spacial score (nSPS) is 13.0. The van der Waals surface area contributed by atoms with Crippen LogP contribution in [0.3, 0.4) is 0 Å². The lowest BCUT2D eigenvalue weighted by Gasteiger charge is -2.34. The zero-order chi connectivity index (χ0) is 23.8. The van der Waals surface area contributed by atoms with E-state index >= 15 is 0 Å². The minimum atomic E-state index is -0.793. The van der Waals surface area contributed by atoms with Crippen LogP contribution >= 0.6 is 0 Å². The lowest BCUT2D eigenvalue weighted by Crippen LogP contribution is -2.42. The smallest absolute Gasteiger partial charge is 0.311 e. The average Bonchev–Trinajstić information content (AvgIpc) is 2.72. The van der Waals surface area contributed by atoms with E-state index in [2.05, 4.69) is 0 Å². The lowest BCUT2D eigenvalue weighted by molar-refractivity contribution is -0.173. The zero-order valence-electron chi connectivity index (χ0n) is 20.9. The van der Waals surface area contributed by atoms with Gasteiger partial charge in [0.1, 0.15) is 19.8 Å². The number of carbonyl (C=O) groups excluding carboxylic acids is 3. The van der Waals surface area contributed by atoms with Crippen LogP contribution in [0.25, 0.3) is 0 Å². The summed E-state index contributed by atoms with van der Waals surface area (Å²) < 4.78 is 16.9. The Morgan fingerprint density at radius 3 is 0.900 bits per heavy atom. The summed E-state index contributed by atoms with van der Waals surface area (Å²) in [6.45, 7) is 18.7. The van der Waals surface area contributed by atoms with E-state index in [-0.39, 0.29) is 37.7 Å². The van der Waals surface area contributed by atoms with Crippen LogP contribution in [0, 0.1) is 21.7 Å². The molecule has 0 unspecified atom stereocenters. The third kappa shape index (κ3) is 7.92. The molecule has 0 aromatic heterocycles. The summed E-state index contributed by atoms with van der Waals surface area (Å²) in [4.78, 5) is 37.5. The number of hydrogen-bond acceptors (Lipinski definition) is 6. The van der Waals surface area contributed by atoms with Crippen molar-refractivity contribution in [2.75, 3.05) is 19.8 Å². The van der Waals surface area contributed by atoms with Crippen LogP contribution < -0.4 is 0 Å². The summed E-state index contributed by atoms with van der Waals surface area (Å²) in [5.74, 6) is -0.949. The quantitative estimate of drug-likeness (QED) is 0.292. The van der Waals surface area contributed by atoms with Crippen LogP contribution in [0.5, 0.6) is 0 Å². The molecule has 6 nitrogen and oxygen atoms in total. The fourth-order valence-electron chi connectivity index (χ4n) is 2.11. The molecule has 0 radical (unpaired) electrons. The molecule has 0 spiro atoms. The molecule has 0 amide bonds. The molecule has 0 aliphatic heterocycles. The Bertz CT molecular complexity index is 510. The van der Waals surface area contributed by atoms with Gasteiger partial charge in [-0.05, 0) is 67.2 Å². The Balaban J connectivity index is 5.50. The first-order valence-electron chi connectivity index (χ1n) is 11.1.